The molecule has 0 aromatic heterocycles. The van der Waals surface area contributed by atoms with Crippen LogP contribution in [0.1, 0.15) is 20.3 Å². The first-order valence-corrected chi connectivity index (χ1v) is 5.32. The molecule has 0 aromatic carbocycles. The molecule has 1 saturated heterocycles. The zero-order valence-corrected chi connectivity index (χ0v) is 9.82. The first kappa shape index (κ1) is 12.6. The van der Waals surface area contributed by atoms with Crippen LogP contribution in [0.5, 0.6) is 0 Å². The number of rotatable bonds is 5. The van der Waals surface area contributed by atoms with E-state index < -0.39 is 0 Å². The molecule has 1 fully saturated rings. The van der Waals surface area contributed by atoms with Gasteiger partial charge in [-0.15, -0.1) is 0 Å². The molecule has 0 radical (unpaired) electrons. The van der Waals surface area contributed by atoms with Crippen molar-refractivity contribution in [3.05, 3.63) is 0 Å². The van der Waals surface area contributed by atoms with Crippen molar-refractivity contribution in [1.29, 1.82) is 0 Å². The summed E-state index contributed by atoms with van der Waals surface area (Å²) in [5.41, 5.74) is -0.667. The molecule has 1 rings (SSSR count). The van der Waals surface area contributed by atoms with Crippen molar-refractivity contribution in [3.8, 4) is 0 Å². The second-order valence-electron chi connectivity index (χ2n) is 5.11. The number of hydrogen-bond acceptors (Lipinski definition) is 4. The minimum Gasteiger partial charge on any atom is -0.394 e. The average molecular weight is 215 g/mol. The minimum absolute atomic E-state index is 0.0826. The first-order valence-electron chi connectivity index (χ1n) is 5.32. The van der Waals surface area contributed by atoms with E-state index in [0.717, 1.165) is 12.7 Å². The summed E-state index contributed by atoms with van der Waals surface area (Å²) in [6.07, 6.45) is 1.78. The Morgan fingerprint density at radius 1 is 1.60 bits per heavy atom. The van der Waals surface area contributed by atoms with Gasteiger partial charge >= 0.3 is 0 Å². The molecule has 15 heavy (non-hydrogen) atoms. The summed E-state index contributed by atoms with van der Waals surface area (Å²) >= 11 is 0. The third kappa shape index (κ3) is 2.77. The molecule has 4 nitrogen and oxygen atoms in total. The van der Waals surface area contributed by atoms with Crippen LogP contribution in [0, 0.1) is 5.41 Å². The molecular weight excluding hydrogens is 194 g/mol. The Kier molecular flexibility index (Phi) is 3.87. The zero-order chi connectivity index (χ0) is 11.5. The molecule has 1 aliphatic heterocycles. The molecule has 0 spiro atoms. The second kappa shape index (κ2) is 4.60. The average Bonchev–Trinajstić information content (AvgIpc) is 2.67. The number of aliphatic hydroxyl groups excluding tert-OH is 1. The largest absolute Gasteiger partial charge is 0.394 e. The van der Waals surface area contributed by atoms with Gasteiger partial charge in [-0.05, 0) is 27.3 Å². The maximum absolute atomic E-state index is 11.1. The molecule has 4 heteroatoms. The maximum Gasteiger partial charge on any atom is 0.129 e. The summed E-state index contributed by atoms with van der Waals surface area (Å²) in [5, 5.41) is 9.23. The summed E-state index contributed by atoms with van der Waals surface area (Å²) in [7, 11) is 1.93. The summed E-state index contributed by atoms with van der Waals surface area (Å²) in [4.78, 5) is 13.1. The van der Waals surface area contributed by atoms with E-state index in [1.54, 1.807) is 0 Å². The summed E-state index contributed by atoms with van der Waals surface area (Å²) in [6, 6.07) is 0. The number of carbonyl (C=O) groups excluding carboxylic acids is 1. The molecule has 1 aliphatic rings. The van der Waals surface area contributed by atoms with E-state index in [1.807, 2.05) is 25.8 Å². The van der Waals surface area contributed by atoms with Crippen LogP contribution in [-0.4, -0.2) is 55.2 Å². The zero-order valence-electron chi connectivity index (χ0n) is 9.82. The number of likely N-dealkylation sites (N-methyl/N-ethyl adjacent to an activating group) is 1. The van der Waals surface area contributed by atoms with Gasteiger partial charge in [-0.2, -0.15) is 0 Å². The topological polar surface area (TPSA) is 49.8 Å². The highest BCUT2D eigenvalue weighted by Crippen LogP contribution is 2.29. The number of aldehydes is 1. The molecule has 1 atom stereocenters. The van der Waals surface area contributed by atoms with Crippen LogP contribution in [0.15, 0.2) is 0 Å². The van der Waals surface area contributed by atoms with Gasteiger partial charge in [0.15, 0.2) is 0 Å². The van der Waals surface area contributed by atoms with Gasteiger partial charge in [-0.25, -0.2) is 0 Å². The Balaban J connectivity index is 2.63. The molecule has 0 amide bonds. The molecule has 88 valence electrons. The predicted molar refractivity (Wildman–Crippen MR) is 57.7 cm³/mol. The quantitative estimate of drug-likeness (QED) is 0.670. The van der Waals surface area contributed by atoms with Gasteiger partial charge in [0.05, 0.1) is 18.6 Å². The molecule has 0 aromatic rings. The van der Waals surface area contributed by atoms with Crippen molar-refractivity contribution in [3.63, 3.8) is 0 Å². The highest BCUT2D eigenvalue weighted by molar-refractivity contribution is 5.60. The minimum atomic E-state index is -0.374. The molecule has 0 aliphatic carbocycles. The Morgan fingerprint density at radius 2 is 2.27 bits per heavy atom. The lowest BCUT2D eigenvalue weighted by molar-refractivity contribution is -0.118. The lowest BCUT2D eigenvalue weighted by atomic mass is 9.87. The number of nitrogens with zero attached hydrogens (tertiary/aromatic N) is 1. The summed E-state index contributed by atoms with van der Waals surface area (Å²) in [5.74, 6) is 0. The fourth-order valence-electron chi connectivity index (χ4n) is 1.69. The third-order valence-electron chi connectivity index (χ3n) is 3.36. The van der Waals surface area contributed by atoms with Crippen LogP contribution in [0.4, 0.5) is 0 Å². The second-order valence-corrected chi connectivity index (χ2v) is 5.11. The molecule has 1 N–H and O–H groups in total. The molecule has 0 bridgehead atoms. The number of hydrogen-bond donors (Lipinski definition) is 1. The van der Waals surface area contributed by atoms with Crippen LogP contribution in [0.3, 0.4) is 0 Å². The monoisotopic (exact) mass is 215 g/mol. The Bertz CT molecular complexity index is 222. The number of carbonyl (C=O) groups is 1. The Labute approximate surface area is 91.2 Å². The van der Waals surface area contributed by atoms with Crippen LogP contribution in [-0.2, 0) is 9.53 Å². The van der Waals surface area contributed by atoms with Gasteiger partial charge in [0, 0.05) is 18.7 Å². The van der Waals surface area contributed by atoms with Crippen molar-refractivity contribution in [2.24, 2.45) is 5.41 Å². The lowest BCUT2D eigenvalue weighted by Crippen LogP contribution is -2.50. The van der Waals surface area contributed by atoms with Crippen LogP contribution >= 0.6 is 0 Å². The van der Waals surface area contributed by atoms with Crippen molar-refractivity contribution < 1.29 is 14.6 Å². The first-order chi connectivity index (χ1) is 6.96. The number of aliphatic hydroxyl groups is 1. The number of ether oxygens (including phenoxy) is 1. The standard InChI is InChI=1S/C11H21NO3/c1-10(2,7-13)12(3)6-11(8-14)4-5-15-9-11/h8,13H,4-7,9H2,1-3H3. The van der Waals surface area contributed by atoms with Gasteiger partial charge in [-0.1, -0.05) is 0 Å². The van der Waals surface area contributed by atoms with E-state index in [0.29, 0.717) is 19.8 Å². The highest BCUT2D eigenvalue weighted by Gasteiger charge is 2.38. The smallest absolute Gasteiger partial charge is 0.129 e. The van der Waals surface area contributed by atoms with Gasteiger partial charge in [0.1, 0.15) is 6.29 Å². The van der Waals surface area contributed by atoms with Gasteiger partial charge in [0.2, 0.25) is 0 Å². The SMILES string of the molecule is CN(CC1(C=O)CCOC1)C(C)(C)CO. The van der Waals surface area contributed by atoms with Crippen LogP contribution < -0.4 is 0 Å². The molecule has 1 heterocycles. The van der Waals surface area contributed by atoms with Crippen LogP contribution in [0.2, 0.25) is 0 Å². The van der Waals surface area contributed by atoms with E-state index >= 15 is 0 Å². The van der Waals surface area contributed by atoms with E-state index in [4.69, 9.17) is 4.74 Å². The Hall–Kier alpha value is -0.450. The van der Waals surface area contributed by atoms with E-state index in [9.17, 15) is 9.90 Å². The van der Waals surface area contributed by atoms with Gasteiger partial charge in [0.25, 0.3) is 0 Å². The lowest BCUT2D eigenvalue weighted by Gasteiger charge is -2.38. The van der Waals surface area contributed by atoms with E-state index in [1.165, 1.54) is 0 Å². The van der Waals surface area contributed by atoms with E-state index in [2.05, 4.69) is 0 Å². The predicted octanol–water partition coefficient (Wildman–Crippen LogP) is 0.295. The maximum atomic E-state index is 11.1. The van der Waals surface area contributed by atoms with Crippen molar-refractivity contribution >= 4 is 6.29 Å². The van der Waals surface area contributed by atoms with Crippen molar-refractivity contribution in [2.45, 2.75) is 25.8 Å². The fourth-order valence-corrected chi connectivity index (χ4v) is 1.69. The van der Waals surface area contributed by atoms with Gasteiger partial charge < -0.3 is 14.6 Å². The third-order valence-corrected chi connectivity index (χ3v) is 3.36. The van der Waals surface area contributed by atoms with Crippen molar-refractivity contribution in [1.82, 2.24) is 4.90 Å². The normalized spacial score (nSPS) is 27.3. The Morgan fingerprint density at radius 3 is 2.67 bits per heavy atom. The molecular formula is C11H21NO3. The fraction of sp³-hybridized carbons (Fsp3) is 0.909. The van der Waals surface area contributed by atoms with Crippen molar-refractivity contribution in [2.75, 3.05) is 33.4 Å². The van der Waals surface area contributed by atoms with E-state index in [-0.39, 0.29) is 17.6 Å². The summed E-state index contributed by atoms with van der Waals surface area (Å²) < 4.78 is 5.28. The van der Waals surface area contributed by atoms with Crippen LogP contribution in [0.25, 0.3) is 0 Å². The highest BCUT2D eigenvalue weighted by atomic mass is 16.5. The summed E-state index contributed by atoms with van der Waals surface area (Å²) in [6.45, 7) is 5.81. The molecule has 1 unspecified atom stereocenters. The van der Waals surface area contributed by atoms with Gasteiger partial charge in [-0.3, -0.25) is 4.90 Å². The molecule has 0 saturated carbocycles.